The summed E-state index contributed by atoms with van der Waals surface area (Å²) in [7, 11) is 1.87. The maximum Gasteiger partial charge on any atom is 0.131 e. The molecular weight excluding hydrogens is 288 g/mol. The van der Waals surface area contributed by atoms with Crippen molar-refractivity contribution in [2.45, 2.75) is 25.0 Å². The van der Waals surface area contributed by atoms with E-state index in [9.17, 15) is 13.9 Å². The summed E-state index contributed by atoms with van der Waals surface area (Å²) in [6.45, 7) is 1.17. The van der Waals surface area contributed by atoms with Crippen LogP contribution in [0.2, 0.25) is 0 Å². The fourth-order valence-electron chi connectivity index (χ4n) is 3.13. The van der Waals surface area contributed by atoms with Crippen LogP contribution in [0.15, 0.2) is 30.6 Å². The third-order valence-electron chi connectivity index (χ3n) is 4.20. The largest absolute Gasteiger partial charge is 0.387 e. The number of rotatable bonds is 4. The van der Waals surface area contributed by atoms with E-state index in [0.29, 0.717) is 6.54 Å². The Hall–Kier alpha value is -1.79. The Kier molecular flexibility index (Phi) is 4.22. The molecule has 6 heteroatoms. The average Bonchev–Trinajstić information content (AvgIpc) is 3.07. The molecule has 4 nitrogen and oxygen atoms in total. The second kappa shape index (κ2) is 6.14. The van der Waals surface area contributed by atoms with Gasteiger partial charge in [0.25, 0.3) is 0 Å². The smallest absolute Gasteiger partial charge is 0.131 e. The van der Waals surface area contributed by atoms with Crippen molar-refractivity contribution in [2.75, 3.05) is 13.1 Å². The van der Waals surface area contributed by atoms with Crippen molar-refractivity contribution in [1.29, 1.82) is 0 Å². The van der Waals surface area contributed by atoms with Crippen LogP contribution in [0.5, 0.6) is 0 Å². The average molecular weight is 307 g/mol. The quantitative estimate of drug-likeness (QED) is 0.944. The van der Waals surface area contributed by atoms with Gasteiger partial charge in [0.2, 0.25) is 0 Å². The third-order valence-corrected chi connectivity index (χ3v) is 4.20. The SMILES string of the molecule is Cn1cc([C@H]2CCCN2C[C@@H](O)c2ccc(F)cc2F)cn1. The van der Waals surface area contributed by atoms with Crippen molar-refractivity contribution in [2.24, 2.45) is 7.05 Å². The lowest BCUT2D eigenvalue weighted by atomic mass is 10.1. The zero-order valence-corrected chi connectivity index (χ0v) is 12.4. The van der Waals surface area contributed by atoms with Gasteiger partial charge in [0.15, 0.2) is 0 Å². The van der Waals surface area contributed by atoms with Crippen LogP contribution in [-0.4, -0.2) is 32.9 Å². The molecule has 2 aromatic rings. The molecule has 2 heterocycles. The van der Waals surface area contributed by atoms with Crippen LogP contribution >= 0.6 is 0 Å². The molecule has 118 valence electrons. The molecular formula is C16H19F2N3O. The van der Waals surface area contributed by atoms with Crippen molar-refractivity contribution < 1.29 is 13.9 Å². The van der Waals surface area contributed by atoms with Crippen molar-refractivity contribution in [3.05, 3.63) is 53.4 Å². The number of β-amino-alcohol motifs (C(OH)–C–C–N with tert-alkyl or cyclic N) is 1. The molecule has 0 radical (unpaired) electrons. The molecule has 3 rings (SSSR count). The maximum absolute atomic E-state index is 13.8. The minimum Gasteiger partial charge on any atom is -0.387 e. The van der Waals surface area contributed by atoms with E-state index in [1.54, 1.807) is 4.68 Å². The summed E-state index contributed by atoms with van der Waals surface area (Å²) < 4.78 is 28.5. The highest BCUT2D eigenvalue weighted by atomic mass is 19.1. The van der Waals surface area contributed by atoms with Crippen LogP contribution in [0, 0.1) is 11.6 Å². The van der Waals surface area contributed by atoms with Crippen molar-refractivity contribution in [1.82, 2.24) is 14.7 Å². The highest BCUT2D eigenvalue weighted by Gasteiger charge is 2.29. The van der Waals surface area contributed by atoms with E-state index in [2.05, 4.69) is 10.00 Å². The van der Waals surface area contributed by atoms with E-state index in [1.807, 2.05) is 19.4 Å². The van der Waals surface area contributed by atoms with Crippen LogP contribution < -0.4 is 0 Å². The predicted molar refractivity (Wildman–Crippen MR) is 78.1 cm³/mol. The molecule has 22 heavy (non-hydrogen) atoms. The summed E-state index contributed by atoms with van der Waals surface area (Å²) in [6.07, 6.45) is 4.84. The van der Waals surface area contributed by atoms with Gasteiger partial charge in [-0.1, -0.05) is 6.07 Å². The number of aryl methyl sites for hydroxylation is 1. The van der Waals surface area contributed by atoms with Crippen LogP contribution in [0.4, 0.5) is 8.78 Å². The number of nitrogens with zero attached hydrogens (tertiary/aromatic N) is 3. The Labute approximate surface area is 128 Å². The number of aromatic nitrogens is 2. The van der Waals surface area contributed by atoms with Gasteiger partial charge in [0.05, 0.1) is 12.3 Å². The molecule has 2 atom stereocenters. The standard InChI is InChI=1S/C16H19F2N3O/c1-20-9-11(8-19-20)15-3-2-6-21(15)10-16(22)13-5-4-12(17)7-14(13)18/h4-5,7-9,15-16,22H,2-3,6,10H2,1H3/t15-,16-/m1/s1. The number of halogens is 2. The highest BCUT2D eigenvalue weighted by molar-refractivity contribution is 5.21. The zero-order chi connectivity index (χ0) is 15.7. The molecule has 0 aliphatic carbocycles. The molecule has 1 aromatic heterocycles. The summed E-state index contributed by atoms with van der Waals surface area (Å²) >= 11 is 0. The first-order valence-electron chi connectivity index (χ1n) is 7.40. The molecule has 0 bridgehead atoms. The molecule has 1 aliphatic heterocycles. The molecule has 0 spiro atoms. The molecule has 1 N–H and O–H groups in total. The van der Waals surface area contributed by atoms with E-state index < -0.39 is 17.7 Å². The Morgan fingerprint density at radius 2 is 2.23 bits per heavy atom. The van der Waals surface area contributed by atoms with Gasteiger partial charge in [-0.25, -0.2) is 8.78 Å². The Morgan fingerprint density at radius 3 is 2.91 bits per heavy atom. The van der Waals surface area contributed by atoms with Gasteiger partial charge in [0.1, 0.15) is 11.6 Å². The number of aliphatic hydroxyl groups excluding tert-OH is 1. The van der Waals surface area contributed by atoms with Gasteiger partial charge in [-0.2, -0.15) is 5.10 Å². The van der Waals surface area contributed by atoms with Crippen molar-refractivity contribution in [3.63, 3.8) is 0 Å². The van der Waals surface area contributed by atoms with E-state index >= 15 is 0 Å². The highest BCUT2D eigenvalue weighted by Crippen LogP contribution is 2.33. The van der Waals surface area contributed by atoms with Crippen LogP contribution in [0.3, 0.4) is 0 Å². The van der Waals surface area contributed by atoms with E-state index in [-0.39, 0.29) is 11.6 Å². The molecule has 0 amide bonds. The van der Waals surface area contributed by atoms with E-state index in [0.717, 1.165) is 31.0 Å². The molecule has 0 unspecified atom stereocenters. The Bertz CT molecular complexity index is 659. The minimum absolute atomic E-state index is 0.137. The molecule has 1 aliphatic rings. The van der Waals surface area contributed by atoms with Gasteiger partial charge in [-0.3, -0.25) is 9.58 Å². The number of likely N-dealkylation sites (tertiary alicyclic amines) is 1. The summed E-state index contributed by atoms with van der Waals surface area (Å²) in [4.78, 5) is 2.13. The summed E-state index contributed by atoms with van der Waals surface area (Å²) in [6, 6.07) is 3.47. The van der Waals surface area contributed by atoms with Gasteiger partial charge in [-0.15, -0.1) is 0 Å². The number of benzene rings is 1. The van der Waals surface area contributed by atoms with Gasteiger partial charge in [0, 0.05) is 43.0 Å². The lowest BCUT2D eigenvalue weighted by Gasteiger charge is -2.26. The van der Waals surface area contributed by atoms with E-state index in [4.69, 9.17) is 0 Å². The number of hydrogen-bond acceptors (Lipinski definition) is 3. The van der Waals surface area contributed by atoms with Gasteiger partial charge >= 0.3 is 0 Å². The van der Waals surface area contributed by atoms with E-state index in [1.165, 1.54) is 12.1 Å². The fraction of sp³-hybridized carbons (Fsp3) is 0.438. The summed E-state index contributed by atoms with van der Waals surface area (Å²) in [5, 5.41) is 14.5. The lowest BCUT2D eigenvalue weighted by molar-refractivity contribution is 0.103. The van der Waals surface area contributed by atoms with Crippen molar-refractivity contribution >= 4 is 0 Å². The first kappa shape index (κ1) is 15.1. The van der Waals surface area contributed by atoms with Crippen molar-refractivity contribution in [3.8, 4) is 0 Å². The molecule has 1 aromatic carbocycles. The third kappa shape index (κ3) is 3.03. The number of hydrogen-bond donors (Lipinski definition) is 1. The van der Waals surface area contributed by atoms with Gasteiger partial charge < -0.3 is 5.11 Å². The minimum atomic E-state index is -0.974. The van der Waals surface area contributed by atoms with Crippen LogP contribution in [0.1, 0.15) is 36.1 Å². The maximum atomic E-state index is 13.8. The Balaban J connectivity index is 1.73. The normalized spacial score (nSPS) is 20.5. The molecule has 0 saturated carbocycles. The summed E-state index contributed by atoms with van der Waals surface area (Å²) in [5.41, 5.74) is 1.24. The van der Waals surface area contributed by atoms with Crippen LogP contribution in [-0.2, 0) is 7.05 Å². The Morgan fingerprint density at radius 1 is 1.41 bits per heavy atom. The predicted octanol–water partition coefficient (Wildman–Crippen LogP) is 2.57. The number of aliphatic hydroxyl groups is 1. The molecule has 1 saturated heterocycles. The first-order valence-corrected chi connectivity index (χ1v) is 7.40. The lowest BCUT2D eigenvalue weighted by Crippen LogP contribution is -2.28. The summed E-state index contributed by atoms with van der Waals surface area (Å²) in [5.74, 6) is -1.34. The fourth-order valence-corrected chi connectivity index (χ4v) is 3.13. The molecule has 1 fully saturated rings. The second-order valence-electron chi connectivity index (χ2n) is 5.78. The van der Waals surface area contributed by atoms with Crippen LogP contribution in [0.25, 0.3) is 0 Å². The zero-order valence-electron chi connectivity index (χ0n) is 12.4. The van der Waals surface area contributed by atoms with Gasteiger partial charge in [-0.05, 0) is 25.5 Å². The first-order chi connectivity index (χ1) is 10.5. The second-order valence-corrected chi connectivity index (χ2v) is 5.78. The monoisotopic (exact) mass is 307 g/mol. The topological polar surface area (TPSA) is 41.3 Å².